The van der Waals surface area contributed by atoms with Crippen LogP contribution in [0.4, 0.5) is 5.69 Å². The van der Waals surface area contributed by atoms with E-state index in [1.54, 1.807) is 0 Å². The Balaban J connectivity index is 1.44. The molecule has 44 heavy (non-hydrogen) atoms. The highest BCUT2D eigenvalue weighted by molar-refractivity contribution is 6.20. The van der Waals surface area contributed by atoms with E-state index in [4.69, 9.17) is 6.57 Å². The lowest BCUT2D eigenvalue weighted by molar-refractivity contribution is 1.15. The molecule has 9 rings (SSSR count). The third-order valence-corrected chi connectivity index (χ3v) is 8.92. The smallest absolute Gasteiger partial charge is 0.214 e. The van der Waals surface area contributed by atoms with Gasteiger partial charge < -0.3 is 9.13 Å². The Morgan fingerprint density at radius 1 is 0.523 bits per heavy atom. The number of aromatic nitrogens is 2. The topological polar surface area (TPSA) is 38.0 Å². The number of rotatable bonds is 2. The molecule has 0 aliphatic rings. The van der Waals surface area contributed by atoms with Crippen LogP contribution in [0.15, 0.2) is 133 Å². The van der Waals surface area contributed by atoms with Gasteiger partial charge in [0.05, 0.1) is 39.9 Å². The minimum Gasteiger partial charge on any atom is -0.317 e. The van der Waals surface area contributed by atoms with Crippen molar-refractivity contribution in [2.75, 3.05) is 0 Å². The standard InChI is InChI=1S/C40H22N4/c1-42-35-23-28(43-36-16-8-6-14-31(36)33-20-18-25-10-2-4-12-29(25)39(33)43)22-27(24-41)38(35)44-37-17-9-7-15-32(37)34-21-19-26-11-3-5-13-30(26)40(34)44/h2-23H. The fourth-order valence-corrected chi connectivity index (χ4v) is 7.10. The van der Waals surface area contributed by atoms with Crippen LogP contribution in [0.25, 0.3) is 81.4 Å². The van der Waals surface area contributed by atoms with Gasteiger partial charge in [0.1, 0.15) is 6.07 Å². The number of para-hydroxylation sites is 2. The molecule has 0 amide bonds. The highest BCUT2D eigenvalue weighted by Gasteiger charge is 2.22. The minimum atomic E-state index is 0.431. The summed E-state index contributed by atoms with van der Waals surface area (Å²) in [6.07, 6.45) is 0. The van der Waals surface area contributed by atoms with Crippen molar-refractivity contribution in [3.8, 4) is 17.4 Å². The number of nitriles is 1. The van der Waals surface area contributed by atoms with Crippen LogP contribution in [0.5, 0.6) is 0 Å². The van der Waals surface area contributed by atoms with Crippen molar-refractivity contribution in [1.82, 2.24) is 9.13 Å². The zero-order chi connectivity index (χ0) is 29.4. The first-order chi connectivity index (χ1) is 21.8. The number of hydrogen-bond donors (Lipinski definition) is 0. The molecule has 0 saturated carbocycles. The van der Waals surface area contributed by atoms with E-state index in [-0.39, 0.29) is 0 Å². The van der Waals surface area contributed by atoms with Gasteiger partial charge in [-0.15, -0.1) is 0 Å². The van der Waals surface area contributed by atoms with E-state index in [2.05, 4.69) is 111 Å². The van der Waals surface area contributed by atoms with E-state index in [9.17, 15) is 5.26 Å². The predicted molar refractivity (Wildman–Crippen MR) is 181 cm³/mol. The largest absolute Gasteiger partial charge is 0.317 e. The Bertz CT molecular complexity index is 2710. The molecule has 202 valence electrons. The van der Waals surface area contributed by atoms with Gasteiger partial charge in [-0.25, -0.2) is 4.85 Å². The molecular weight excluding hydrogens is 536 g/mol. The van der Waals surface area contributed by atoms with Crippen molar-refractivity contribution in [3.05, 3.63) is 150 Å². The van der Waals surface area contributed by atoms with Crippen molar-refractivity contribution in [2.24, 2.45) is 0 Å². The Morgan fingerprint density at radius 2 is 1.02 bits per heavy atom. The summed E-state index contributed by atoms with van der Waals surface area (Å²) in [4.78, 5) is 4.09. The van der Waals surface area contributed by atoms with Crippen LogP contribution in [-0.2, 0) is 0 Å². The Hall–Kier alpha value is -6.36. The maximum atomic E-state index is 10.7. The van der Waals surface area contributed by atoms with Crippen molar-refractivity contribution >= 4 is 70.8 Å². The van der Waals surface area contributed by atoms with Gasteiger partial charge in [0, 0.05) is 38.0 Å². The molecule has 4 heteroatoms. The third-order valence-electron chi connectivity index (χ3n) is 8.92. The maximum absolute atomic E-state index is 10.7. The van der Waals surface area contributed by atoms with Crippen molar-refractivity contribution in [1.29, 1.82) is 5.26 Å². The Morgan fingerprint density at radius 3 is 1.59 bits per heavy atom. The summed E-state index contributed by atoms with van der Waals surface area (Å²) in [7, 11) is 0. The molecule has 2 heterocycles. The highest BCUT2D eigenvalue weighted by Crippen LogP contribution is 2.43. The summed E-state index contributed by atoms with van der Waals surface area (Å²) < 4.78 is 4.34. The minimum absolute atomic E-state index is 0.431. The van der Waals surface area contributed by atoms with Crippen LogP contribution in [0.1, 0.15) is 5.56 Å². The maximum Gasteiger partial charge on any atom is 0.214 e. The van der Waals surface area contributed by atoms with Gasteiger partial charge in [0.25, 0.3) is 0 Å². The molecule has 7 aromatic carbocycles. The first kappa shape index (κ1) is 24.3. The van der Waals surface area contributed by atoms with E-state index in [1.807, 2.05) is 42.5 Å². The van der Waals surface area contributed by atoms with Crippen LogP contribution < -0.4 is 0 Å². The van der Waals surface area contributed by atoms with E-state index in [0.29, 0.717) is 16.9 Å². The molecule has 4 nitrogen and oxygen atoms in total. The van der Waals surface area contributed by atoms with Crippen LogP contribution in [-0.4, -0.2) is 9.13 Å². The van der Waals surface area contributed by atoms with Gasteiger partial charge in [-0.3, -0.25) is 0 Å². The summed E-state index contributed by atoms with van der Waals surface area (Å²) in [6, 6.07) is 48.3. The fourth-order valence-electron chi connectivity index (χ4n) is 7.10. The molecular formula is C40H22N4. The van der Waals surface area contributed by atoms with Gasteiger partial charge in [0.2, 0.25) is 5.69 Å². The van der Waals surface area contributed by atoms with E-state index in [1.165, 1.54) is 0 Å². The Labute approximate surface area is 252 Å². The molecule has 0 N–H and O–H groups in total. The molecule has 0 unspecified atom stereocenters. The average molecular weight is 559 g/mol. The lowest BCUT2D eigenvalue weighted by Crippen LogP contribution is -2.02. The van der Waals surface area contributed by atoms with Crippen LogP contribution >= 0.6 is 0 Å². The van der Waals surface area contributed by atoms with Crippen LogP contribution in [0.3, 0.4) is 0 Å². The van der Waals surface area contributed by atoms with Gasteiger partial charge in [0.15, 0.2) is 0 Å². The third kappa shape index (κ3) is 3.20. The van der Waals surface area contributed by atoms with Crippen molar-refractivity contribution in [3.63, 3.8) is 0 Å². The molecule has 0 spiro atoms. The first-order valence-electron chi connectivity index (χ1n) is 14.5. The summed E-state index contributed by atoms with van der Waals surface area (Å²) in [5.74, 6) is 0. The SMILES string of the molecule is [C-]#[N+]c1cc(-n2c3ccccc3c3ccc4ccccc4c32)cc(C#N)c1-n1c2ccccc2c2ccc3ccccc3c21. The van der Waals surface area contributed by atoms with Crippen LogP contribution in [0.2, 0.25) is 0 Å². The van der Waals surface area contributed by atoms with E-state index >= 15 is 0 Å². The summed E-state index contributed by atoms with van der Waals surface area (Å²) >= 11 is 0. The van der Waals surface area contributed by atoms with Gasteiger partial charge in [-0.1, -0.05) is 109 Å². The van der Waals surface area contributed by atoms with E-state index < -0.39 is 0 Å². The fraction of sp³-hybridized carbons (Fsp3) is 0. The zero-order valence-corrected chi connectivity index (χ0v) is 23.5. The molecule has 0 atom stereocenters. The van der Waals surface area contributed by atoms with Crippen molar-refractivity contribution < 1.29 is 0 Å². The second-order valence-electron chi connectivity index (χ2n) is 11.2. The van der Waals surface area contributed by atoms with Crippen molar-refractivity contribution in [2.45, 2.75) is 0 Å². The summed E-state index contributed by atoms with van der Waals surface area (Å²) in [5.41, 5.74) is 6.37. The summed E-state index contributed by atoms with van der Waals surface area (Å²) in [6.45, 7) is 8.41. The van der Waals surface area contributed by atoms with Crippen LogP contribution in [0, 0.1) is 17.9 Å². The number of benzene rings is 7. The molecule has 0 bridgehead atoms. The number of hydrogen-bond acceptors (Lipinski definition) is 1. The second kappa shape index (κ2) is 9.07. The van der Waals surface area contributed by atoms with Gasteiger partial charge in [-0.05, 0) is 35.0 Å². The molecule has 9 aromatic rings. The normalized spacial score (nSPS) is 11.6. The summed E-state index contributed by atoms with van der Waals surface area (Å²) in [5, 5.41) is 19.7. The molecule has 0 saturated heterocycles. The predicted octanol–water partition coefficient (Wildman–Crippen LogP) is 10.6. The monoisotopic (exact) mass is 558 g/mol. The van der Waals surface area contributed by atoms with Gasteiger partial charge in [-0.2, -0.15) is 5.26 Å². The quantitative estimate of drug-likeness (QED) is 0.195. The average Bonchev–Trinajstić information content (AvgIpc) is 3.61. The number of fused-ring (bicyclic) bond motifs is 10. The lowest BCUT2D eigenvalue weighted by atomic mass is 10.1. The Kier molecular flexibility index (Phi) is 5.00. The first-order valence-corrected chi connectivity index (χ1v) is 14.5. The van der Waals surface area contributed by atoms with E-state index in [0.717, 1.165) is 70.8 Å². The zero-order valence-electron chi connectivity index (χ0n) is 23.5. The molecule has 0 fully saturated rings. The molecule has 0 aliphatic carbocycles. The number of nitrogens with zero attached hydrogens (tertiary/aromatic N) is 4. The second-order valence-corrected chi connectivity index (χ2v) is 11.2. The highest BCUT2D eigenvalue weighted by atomic mass is 15.0. The van der Waals surface area contributed by atoms with Gasteiger partial charge >= 0.3 is 0 Å². The lowest BCUT2D eigenvalue weighted by Gasteiger charge is -2.17. The molecule has 2 aromatic heterocycles. The molecule has 0 aliphatic heterocycles. The molecule has 0 radical (unpaired) electrons.